The third-order valence-corrected chi connectivity index (χ3v) is 16.9. The molecule has 0 rings (SSSR count). The van der Waals surface area contributed by atoms with E-state index < -0.39 is 26.5 Å². The SMILES string of the molecule is CC/C=C\C/C=C\C/C=C\C/C=C\C/C=C\C/C=C\CCCCCCCCCCCCCCC(=O)OC(COC(=O)CCCCCCCCCCCCCCCCCCCCC/C=C\CCCCCCCCCC)COP(=O)(O)OCC[N+](C)(C)C. The van der Waals surface area contributed by atoms with Gasteiger partial charge in [-0.15, -0.1) is 0 Å². The van der Waals surface area contributed by atoms with E-state index >= 15 is 0 Å². The average molecular weight is 1230 g/mol. The molecule has 0 radical (unpaired) electrons. The predicted molar refractivity (Wildman–Crippen MR) is 372 cm³/mol. The minimum Gasteiger partial charge on any atom is -0.462 e. The van der Waals surface area contributed by atoms with Crippen molar-refractivity contribution in [2.75, 3.05) is 47.5 Å². The van der Waals surface area contributed by atoms with Crippen molar-refractivity contribution in [1.82, 2.24) is 0 Å². The highest BCUT2D eigenvalue weighted by molar-refractivity contribution is 7.47. The zero-order chi connectivity index (χ0) is 62.6. The lowest BCUT2D eigenvalue weighted by Gasteiger charge is -2.24. The molecule has 2 unspecified atom stereocenters. The molecule has 0 saturated carbocycles. The largest absolute Gasteiger partial charge is 0.472 e. The number of ether oxygens (including phenoxy) is 2. The molecule has 0 aromatic rings. The molecule has 2 atom stereocenters. The van der Waals surface area contributed by atoms with Gasteiger partial charge in [0.05, 0.1) is 27.7 Å². The quantitative estimate of drug-likeness (QED) is 0.0211. The molecule has 0 heterocycles. The Bertz CT molecular complexity index is 1730. The zero-order valence-electron chi connectivity index (χ0n) is 57.0. The number of quaternary nitrogens is 1. The van der Waals surface area contributed by atoms with Gasteiger partial charge in [0, 0.05) is 12.8 Å². The summed E-state index contributed by atoms with van der Waals surface area (Å²) in [6.07, 6.45) is 91.2. The minimum absolute atomic E-state index is 0.0300. The predicted octanol–water partition coefficient (Wildman–Crippen LogP) is 23.7. The summed E-state index contributed by atoms with van der Waals surface area (Å²) in [6.45, 7) is 4.36. The van der Waals surface area contributed by atoms with Crippen molar-refractivity contribution < 1.29 is 42.1 Å². The minimum atomic E-state index is -4.40. The van der Waals surface area contributed by atoms with Crippen molar-refractivity contribution in [1.29, 1.82) is 0 Å². The summed E-state index contributed by atoms with van der Waals surface area (Å²) in [5, 5.41) is 0. The van der Waals surface area contributed by atoms with Crippen molar-refractivity contribution in [3.05, 3.63) is 85.1 Å². The van der Waals surface area contributed by atoms with Crippen LogP contribution in [0.25, 0.3) is 0 Å². The molecule has 0 aliphatic rings. The van der Waals surface area contributed by atoms with Crippen molar-refractivity contribution in [2.24, 2.45) is 0 Å². The first-order valence-corrected chi connectivity index (χ1v) is 37.8. The number of carbonyl (C=O) groups excluding carboxylic acids is 2. The van der Waals surface area contributed by atoms with Crippen LogP contribution in [0.3, 0.4) is 0 Å². The van der Waals surface area contributed by atoms with Crippen LogP contribution in [0.2, 0.25) is 0 Å². The van der Waals surface area contributed by atoms with E-state index in [1.165, 1.54) is 225 Å². The second kappa shape index (κ2) is 66.6. The summed E-state index contributed by atoms with van der Waals surface area (Å²) in [6, 6.07) is 0. The smallest absolute Gasteiger partial charge is 0.462 e. The summed E-state index contributed by atoms with van der Waals surface area (Å²) in [5.74, 6) is -0.788. The number of esters is 2. The lowest BCUT2D eigenvalue weighted by atomic mass is 10.0. The standard InChI is InChI=1S/C76H138NO8P/c1-6-8-10-12-14-16-18-20-22-24-26-28-30-32-34-36-38-40-42-44-46-48-50-52-54-56-58-60-62-64-66-68-75(78)82-72-74(73-84-86(80,81)83-71-70-77(3,4)5)85-76(79)69-67-65-63-61-59-57-55-53-51-49-47-45-43-41-39-37-35-33-31-29-27-25-23-21-19-17-15-13-11-9-7-2/h9,11,15,17,21,23-24,26-27,29,33,35,39,41,74H,6-8,10,12-14,16,18-20,22,25,28,30-32,34,36-38,40,42-73H2,1-5H3/p+1/b11-9-,17-15-,23-21-,26-24-,29-27-,35-33-,41-39-. The number of rotatable bonds is 67. The van der Waals surface area contributed by atoms with E-state index in [1.54, 1.807) is 0 Å². The van der Waals surface area contributed by atoms with Crippen LogP contribution >= 0.6 is 7.82 Å². The van der Waals surface area contributed by atoms with Gasteiger partial charge in [-0.25, -0.2) is 4.57 Å². The van der Waals surface area contributed by atoms with Crippen LogP contribution < -0.4 is 0 Å². The lowest BCUT2D eigenvalue weighted by Crippen LogP contribution is -2.37. The topological polar surface area (TPSA) is 108 Å². The molecular formula is C76H139NO8P+. The molecule has 0 aromatic carbocycles. The number of unbranched alkanes of at least 4 members (excludes halogenated alkanes) is 39. The van der Waals surface area contributed by atoms with E-state index in [2.05, 4.69) is 98.9 Å². The van der Waals surface area contributed by atoms with Gasteiger partial charge in [0.2, 0.25) is 0 Å². The maximum Gasteiger partial charge on any atom is 0.472 e. The van der Waals surface area contributed by atoms with E-state index in [0.29, 0.717) is 17.4 Å². The van der Waals surface area contributed by atoms with Crippen molar-refractivity contribution in [2.45, 2.75) is 341 Å². The summed E-state index contributed by atoms with van der Waals surface area (Å²) < 4.78 is 34.8. The van der Waals surface area contributed by atoms with Crippen LogP contribution in [-0.4, -0.2) is 74.9 Å². The molecule has 500 valence electrons. The van der Waals surface area contributed by atoms with E-state index in [1.807, 2.05) is 21.1 Å². The fourth-order valence-electron chi connectivity index (χ4n) is 10.4. The molecule has 0 fully saturated rings. The highest BCUT2D eigenvalue weighted by Gasteiger charge is 2.27. The first-order valence-electron chi connectivity index (χ1n) is 36.3. The lowest BCUT2D eigenvalue weighted by molar-refractivity contribution is -0.870. The molecule has 10 heteroatoms. The second-order valence-electron chi connectivity index (χ2n) is 25.6. The summed E-state index contributed by atoms with van der Waals surface area (Å²) in [4.78, 5) is 35.9. The third kappa shape index (κ3) is 70.3. The van der Waals surface area contributed by atoms with Gasteiger partial charge in [0.15, 0.2) is 6.10 Å². The molecule has 0 aliphatic carbocycles. The van der Waals surface area contributed by atoms with Gasteiger partial charge in [-0.3, -0.25) is 18.6 Å². The molecule has 0 bridgehead atoms. The Morgan fingerprint density at radius 3 is 1.00 bits per heavy atom. The van der Waals surface area contributed by atoms with E-state index in [4.69, 9.17) is 18.5 Å². The Morgan fingerprint density at radius 1 is 0.372 bits per heavy atom. The van der Waals surface area contributed by atoms with Gasteiger partial charge >= 0.3 is 19.8 Å². The molecule has 0 aromatic heterocycles. The molecule has 9 nitrogen and oxygen atoms in total. The molecule has 0 aliphatic heterocycles. The highest BCUT2D eigenvalue weighted by atomic mass is 31.2. The number of hydrogen-bond acceptors (Lipinski definition) is 7. The first kappa shape index (κ1) is 83.2. The van der Waals surface area contributed by atoms with Gasteiger partial charge in [0.1, 0.15) is 19.8 Å². The van der Waals surface area contributed by atoms with Gasteiger partial charge < -0.3 is 18.9 Å². The normalized spacial score (nSPS) is 13.6. The summed E-state index contributed by atoms with van der Waals surface area (Å²) in [5.41, 5.74) is 0. The average Bonchev–Trinajstić information content (AvgIpc) is 3.56. The maximum absolute atomic E-state index is 12.9. The Balaban J connectivity index is 4.02. The summed E-state index contributed by atoms with van der Waals surface area (Å²) >= 11 is 0. The van der Waals surface area contributed by atoms with Crippen molar-refractivity contribution in [3.8, 4) is 0 Å². The van der Waals surface area contributed by atoms with Crippen molar-refractivity contribution >= 4 is 19.8 Å². The molecule has 0 amide bonds. The van der Waals surface area contributed by atoms with Gasteiger partial charge in [-0.2, -0.15) is 0 Å². The Kier molecular flexibility index (Phi) is 64.4. The fourth-order valence-corrected chi connectivity index (χ4v) is 11.1. The zero-order valence-corrected chi connectivity index (χ0v) is 57.9. The number of nitrogens with zero attached hydrogens (tertiary/aromatic N) is 1. The molecule has 1 N–H and O–H groups in total. The first-order chi connectivity index (χ1) is 42.0. The van der Waals surface area contributed by atoms with Crippen LogP contribution in [0.4, 0.5) is 0 Å². The van der Waals surface area contributed by atoms with E-state index in [0.717, 1.165) is 77.0 Å². The number of phosphoric acid groups is 1. The summed E-state index contributed by atoms with van der Waals surface area (Å²) in [7, 11) is 1.48. The number of allylic oxidation sites excluding steroid dienone is 14. The second-order valence-corrected chi connectivity index (χ2v) is 27.0. The Hall–Kier alpha value is -2.81. The molecule has 86 heavy (non-hydrogen) atoms. The Morgan fingerprint density at radius 2 is 0.663 bits per heavy atom. The number of likely N-dealkylation sites (N-methyl/N-ethyl adjacent to an activating group) is 1. The molecule has 0 spiro atoms. The van der Waals surface area contributed by atoms with Crippen LogP contribution in [-0.2, 0) is 32.7 Å². The van der Waals surface area contributed by atoms with E-state index in [9.17, 15) is 19.0 Å². The van der Waals surface area contributed by atoms with Crippen LogP contribution in [0.1, 0.15) is 335 Å². The van der Waals surface area contributed by atoms with Gasteiger partial charge in [-0.1, -0.05) is 317 Å². The number of hydrogen-bond donors (Lipinski definition) is 1. The highest BCUT2D eigenvalue weighted by Crippen LogP contribution is 2.43. The maximum atomic E-state index is 12.9. The van der Waals surface area contributed by atoms with Gasteiger partial charge in [-0.05, 0) is 89.9 Å². The fraction of sp³-hybridized carbons (Fsp3) is 0.789. The number of carbonyl (C=O) groups is 2. The number of phosphoric ester groups is 1. The Labute approximate surface area is 532 Å². The third-order valence-electron chi connectivity index (χ3n) is 15.9. The van der Waals surface area contributed by atoms with Crippen LogP contribution in [0.15, 0.2) is 85.1 Å². The van der Waals surface area contributed by atoms with Crippen LogP contribution in [0, 0.1) is 0 Å². The van der Waals surface area contributed by atoms with Crippen LogP contribution in [0.5, 0.6) is 0 Å². The molecular weight excluding hydrogens is 1090 g/mol. The van der Waals surface area contributed by atoms with E-state index in [-0.39, 0.29) is 32.0 Å². The monoisotopic (exact) mass is 1230 g/mol. The molecule has 0 saturated heterocycles. The van der Waals surface area contributed by atoms with Gasteiger partial charge in [0.25, 0.3) is 0 Å². The van der Waals surface area contributed by atoms with Crippen molar-refractivity contribution in [3.63, 3.8) is 0 Å².